The van der Waals surface area contributed by atoms with Gasteiger partial charge in [-0.05, 0) is 43.7 Å². The Morgan fingerprint density at radius 1 is 0.909 bits per heavy atom. The molecule has 0 radical (unpaired) electrons. The van der Waals surface area contributed by atoms with E-state index in [4.69, 9.17) is 0 Å². The van der Waals surface area contributed by atoms with E-state index in [1.807, 2.05) is 37.3 Å². The van der Waals surface area contributed by atoms with Gasteiger partial charge in [-0.3, -0.25) is 13.9 Å². The molecule has 0 unspecified atom stereocenters. The molecule has 3 rings (SSSR count). The van der Waals surface area contributed by atoms with Crippen LogP contribution in [0, 0.1) is 6.92 Å². The Morgan fingerprint density at radius 2 is 1.52 bits per heavy atom. The molecule has 3 aromatic carbocycles. The average molecular weight is 466 g/mol. The number of carbonyl (C=O) groups excluding carboxylic acids is 2. The minimum absolute atomic E-state index is 0.287. The summed E-state index contributed by atoms with van der Waals surface area (Å²) in [4.78, 5) is 25.8. The number of hydrogen-bond donors (Lipinski definition) is 2. The molecule has 0 aliphatic rings. The Morgan fingerprint density at radius 3 is 2.15 bits per heavy atom. The number of benzene rings is 3. The average Bonchev–Trinajstić information content (AvgIpc) is 2.79. The molecule has 0 fully saturated rings. The number of nitrogens with one attached hydrogen (secondary N) is 2. The number of nitrogens with zero attached hydrogens (tertiary/aromatic N) is 1. The first kappa shape index (κ1) is 24.0. The number of rotatable bonds is 8. The van der Waals surface area contributed by atoms with Crippen molar-refractivity contribution in [2.75, 3.05) is 15.9 Å². The summed E-state index contributed by atoms with van der Waals surface area (Å²) in [5.41, 5.74) is 2.90. The SMILES string of the molecule is Cc1ccc(N([C@H](C)C(=O)Nc2ccccc2C(=O)NCc2ccccc2)S(C)(=O)=O)cc1. The van der Waals surface area contributed by atoms with Crippen molar-refractivity contribution in [1.82, 2.24) is 5.32 Å². The van der Waals surface area contributed by atoms with Crippen LogP contribution in [0.15, 0.2) is 78.9 Å². The van der Waals surface area contributed by atoms with E-state index in [2.05, 4.69) is 10.6 Å². The van der Waals surface area contributed by atoms with E-state index < -0.39 is 22.0 Å². The third-order valence-corrected chi connectivity index (χ3v) is 6.34. The van der Waals surface area contributed by atoms with E-state index in [9.17, 15) is 18.0 Å². The highest BCUT2D eigenvalue weighted by Gasteiger charge is 2.29. The van der Waals surface area contributed by atoms with Gasteiger partial charge in [0.15, 0.2) is 0 Å². The summed E-state index contributed by atoms with van der Waals surface area (Å²) in [6, 6.07) is 21.9. The molecule has 2 amide bonds. The van der Waals surface area contributed by atoms with Gasteiger partial charge in [-0.15, -0.1) is 0 Å². The topological polar surface area (TPSA) is 95.6 Å². The Bertz CT molecular complexity index is 1230. The van der Waals surface area contributed by atoms with Crippen molar-refractivity contribution in [3.05, 3.63) is 95.6 Å². The number of anilines is 2. The zero-order valence-electron chi connectivity index (χ0n) is 18.8. The maximum absolute atomic E-state index is 13.0. The van der Waals surface area contributed by atoms with Crippen LogP contribution < -0.4 is 14.9 Å². The van der Waals surface area contributed by atoms with Crippen LogP contribution in [0.4, 0.5) is 11.4 Å². The number of sulfonamides is 1. The molecule has 0 aliphatic carbocycles. The highest BCUT2D eigenvalue weighted by Crippen LogP contribution is 2.23. The third-order valence-electron chi connectivity index (χ3n) is 5.10. The summed E-state index contributed by atoms with van der Waals surface area (Å²) >= 11 is 0. The second-order valence-electron chi connectivity index (χ2n) is 7.77. The van der Waals surface area contributed by atoms with Crippen molar-refractivity contribution >= 4 is 33.2 Å². The Labute approximate surface area is 194 Å². The summed E-state index contributed by atoms with van der Waals surface area (Å²) in [7, 11) is -3.74. The summed E-state index contributed by atoms with van der Waals surface area (Å²) in [5, 5.41) is 5.56. The molecule has 0 saturated heterocycles. The summed E-state index contributed by atoms with van der Waals surface area (Å²) in [6.07, 6.45) is 1.06. The molecule has 172 valence electrons. The molecular weight excluding hydrogens is 438 g/mol. The standard InChI is InChI=1S/C25H27N3O4S/c1-18-13-15-21(16-14-18)28(33(3,31)32)19(2)24(29)27-23-12-8-7-11-22(23)25(30)26-17-20-9-5-4-6-10-20/h4-16,19H,17H2,1-3H3,(H,26,30)(H,27,29)/t19-/m1/s1. The minimum atomic E-state index is -3.74. The maximum atomic E-state index is 13.0. The van der Waals surface area contributed by atoms with E-state index >= 15 is 0 Å². The van der Waals surface area contributed by atoms with Crippen molar-refractivity contribution < 1.29 is 18.0 Å². The Hall–Kier alpha value is -3.65. The molecule has 8 heteroatoms. The molecule has 1 atom stereocenters. The van der Waals surface area contributed by atoms with Crippen LogP contribution in [0.1, 0.15) is 28.4 Å². The fraction of sp³-hybridized carbons (Fsp3) is 0.200. The smallest absolute Gasteiger partial charge is 0.253 e. The molecule has 0 aliphatic heterocycles. The maximum Gasteiger partial charge on any atom is 0.253 e. The van der Waals surface area contributed by atoms with Gasteiger partial charge in [0, 0.05) is 6.54 Å². The van der Waals surface area contributed by atoms with Crippen molar-refractivity contribution in [3.63, 3.8) is 0 Å². The highest BCUT2D eigenvalue weighted by molar-refractivity contribution is 7.92. The van der Waals surface area contributed by atoms with Crippen molar-refractivity contribution in [1.29, 1.82) is 0 Å². The lowest BCUT2D eigenvalue weighted by Crippen LogP contribution is -2.45. The van der Waals surface area contributed by atoms with Gasteiger partial charge in [-0.1, -0.05) is 60.2 Å². The fourth-order valence-electron chi connectivity index (χ4n) is 3.40. The molecule has 0 bridgehead atoms. The first-order chi connectivity index (χ1) is 15.7. The van der Waals surface area contributed by atoms with Gasteiger partial charge in [0.1, 0.15) is 6.04 Å². The Balaban J connectivity index is 1.79. The van der Waals surface area contributed by atoms with Crippen LogP contribution >= 0.6 is 0 Å². The Kier molecular flexibility index (Phi) is 7.50. The molecule has 3 aromatic rings. The van der Waals surface area contributed by atoms with Gasteiger partial charge in [-0.2, -0.15) is 0 Å². The second kappa shape index (κ2) is 10.3. The van der Waals surface area contributed by atoms with Gasteiger partial charge in [-0.25, -0.2) is 8.42 Å². The predicted molar refractivity (Wildman–Crippen MR) is 131 cm³/mol. The molecule has 7 nitrogen and oxygen atoms in total. The number of hydrogen-bond acceptors (Lipinski definition) is 4. The van der Waals surface area contributed by atoms with E-state index in [1.165, 1.54) is 6.92 Å². The van der Waals surface area contributed by atoms with Crippen LogP contribution in [0.2, 0.25) is 0 Å². The molecule has 0 spiro atoms. The van der Waals surface area contributed by atoms with Gasteiger partial charge in [0.05, 0.1) is 23.2 Å². The van der Waals surface area contributed by atoms with Crippen molar-refractivity contribution in [2.45, 2.75) is 26.4 Å². The predicted octanol–water partition coefficient (Wildman–Crippen LogP) is 3.72. The van der Waals surface area contributed by atoms with Crippen LogP contribution in [0.5, 0.6) is 0 Å². The first-order valence-corrected chi connectivity index (χ1v) is 12.3. The van der Waals surface area contributed by atoms with Crippen molar-refractivity contribution in [3.8, 4) is 0 Å². The number of amides is 2. The summed E-state index contributed by atoms with van der Waals surface area (Å²) in [6.45, 7) is 3.74. The number of para-hydroxylation sites is 1. The van der Waals surface area contributed by atoms with Crippen LogP contribution in [0.25, 0.3) is 0 Å². The number of carbonyl (C=O) groups is 2. The molecular formula is C25H27N3O4S. The van der Waals surface area contributed by atoms with Crippen LogP contribution in [-0.2, 0) is 21.4 Å². The van der Waals surface area contributed by atoms with E-state index in [-0.39, 0.29) is 11.5 Å². The van der Waals surface area contributed by atoms with Gasteiger partial charge in [0.2, 0.25) is 15.9 Å². The fourth-order valence-corrected chi connectivity index (χ4v) is 4.58. The monoisotopic (exact) mass is 465 g/mol. The van der Waals surface area contributed by atoms with Crippen molar-refractivity contribution in [2.24, 2.45) is 0 Å². The number of aryl methyl sites for hydroxylation is 1. The minimum Gasteiger partial charge on any atom is -0.348 e. The lowest BCUT2D eigenvalue weighted by molar-refractivity contribution is -0.116. The summed E-state index contributed by atoms with van der Waals surface area (Å²) in [5.74, 6) is -0.898. The van der Waals surface area contributed by atoms with Gasteiger partial charge in [0.25, 0.3) is 5.91 Å². The van der Waals surface area contributed by atoms with E-state index in [0.29, 0.717) is 17.9 Å². The zero-order chi connectivity index (χ0) is 24.0. The van der Waals surface area contributed by atoms with Gasteiger partial charge >= 0.3 is 0 Å². The van der Waals surface area contributed by atoms with Crippen LogP contribution in [0.3, 0.4) is 0 Å². The third kappa shape index (κ3) is 6.20. The van der Waals surface area contributed by atoms with Crippen LogP contribution in [-0.4, -0.2) is 32.5 Å². The van der Waals surface area contributed by atoms with Gasteiger partial charge < -0.3 is 10.6 Å². The molecule has 0 aromatic heterocycles. The molecule has 2 N–H and O–H groups in total. The quantitative estimate of drug-likeness (QED) is 0.530. The zero-order valence-corrected chi connectivity index (χ0v) is 19.6. The lowest BCUT2D eigenvalue weighted by Gasteiger charge is -2.28. The highest BCUT2D eigenvalue weighted by atomic mass is 32.2. The normalized spacial score (nSPS) is 12.0. The molecule has 33 heavy (non-hydrogen) atoms. The second-order valence-corrected chi connectivity index (χ2v) is 9.63. The van der Waals surface area contributed by atoms with E-state index in [0.717, 1.165) is 21.7 Å². The summed E-state index contributed by atoms with van der Waals surface area (Å²) < 4.78 is 26.1. The largest absolute Gasteiger partial charge is 0.348 e. The lowest BCUT2D eigenvalue weighted by atomic mass is 10.1. The first-order valence-electron chi connectivity index (χ1n) is 10.4. The molecule has 0 saturated carbocycles. The van der Waals surface area contributed by atoms with E-state index in [1.54, 1.807) is 48.5 Å². The molecule has 0 heterocycles.